The van der Waals surface area contributed by atoms with Crippen LogP contribution in [-0.2, 0) is 25.7 Å². The van der Waals surface area contributed by atoms with Crippen molar-refractivity contribution in [2.24, 2.45) is 5.92 Å². The first-order valence-electron chi connectivity index (χ1n) is 8.85. The zero-order valence-corrected chi connectivity index (χ0v) is 15.4. The maximum atomic E-state index is 12.5. The molecule has 0 aromatic heterocycles. The molecular formula is C19H24N2O6. The van der Waals surface area contributed by atoms with E-state index in [-0.39, 0.29) is 31.8 Å². The quantitative estimate of drug-likeness (QED) is 0.752. The lowest BCUT2D eigenvalue weighted by molar-refractivity contribution is -0.143. The van der Waals surface area contributed by atoms with Crippen LogP contribution in [-0.4, -0.2) is 46.0 Å². The van der Waals surface area contributed by atoms with Gasteiger partial charge in [0.05, 0.1) is 0 Å². The van der Waals surface area contributed by atoms with Gasteiger partial charge < -0.3 is 15.2 Å². The third-order valence-corrected chi connectivity index (χ3v) is 4.24. The fourth-order valence-corrected chi connectivity index (χ4v) is 2.91. The summed E-state index contributed by atoms with van der Waals surface area (Å²) in [5.41, 5.74) is 0.751. The average molecular weight is 376 g/mol. The van der Waals surface area contributed by atoms with Crippen LogP contribution in [0.5, 0.6) is 0 Å². The second kappa shape index (κ2) is 9.16. The number of carbonyl (C=O) groups excluding carboxylic acids is 3. The van der Waals surface area contributed by atoms with Crippen molar-refractivity contribution in [1.82, 2.24) is 10.2 Å². The van der Waals surface area contributed by atoms with E-state index in [0.29, 0.717) is 0 Å². The average Bonchev–Trinajstić information content (AvgIpc) is 3.01. The molecule has 2 N–H and O–H groups in total. The number of nitrogens with one attached hydrogen (secondary N) is 1. The maximum Gasteiger partial charge on any atom is 0.417 e. The second-order valence-electron chi connectivity index (χ2n) is 6.89. The molecule has 1 aliphatic rings. The smallest absolute Gasteiger partial charge is 0.417 e. The Morgan fingerprint density at radius 1 is 1.26 bits per heavy atom. The highest BCUT2D eigenvalue weighted by molar-refractivity contribution is 6.01. The molecule has 8 nitrogen and oxygen atoms in total. The number of benzene rings is 1. The number of aliphatic carboxylic acids is 1. The summed E-state index contributed by atoms with van der Waals surface area (Å²) in [4.78, 5) is 49.0. The zero-order chi connectivity index (χ0) is 20.0. The fourth-order valence-electron chi connectivity index (χ4n) is 2.91. The Bertz CT molecular complexity index is 703. The summed E-state index contributed by atoms with van der Waals surface area (Å²) >= 11 is 0. The van der Waals surface area contributed by atoms with E-state index in [0.717, 1.165) is 10.5 Å². The number of imide groups is 1. The molecule has 0 bridgehead atoms. The van der Waals surface area contributed by atoms with Crippen LogP contribution in [0.25, 0.3) is 0 Å². The summed E-state index contributed by atoms with van der Waals surface area (Å²) in [7, 11) is 0. The lowest BCUT2D eigenvalue weighted by Crippen LogP contribution is -2.52. The fraction of sp³-hybridized carbons (Fsp3) is 0.474. The summed E-state index contributed by atoms with van der Waals surface area (Å²) in [6.45, 7) is 3.66. The number of likely N-dealkylation sites (tertiary alicyclic amines) is 1. The number of carbonyl (C=O) groups is 4. The van der Waals surface area contributed by atoms with Gasteiger partial charge in [-0.25, -0.2) is 14.5 Å². The highest BCUT2D eigenvalue weighted by atomic mass is 16.6. The first kappa shape index (κ1) is 20.4. The van der Waals surface area contributed by atoms with Gasteiger partial charge in [-0.2, -0.15) is 0 Å². The Balaban J connectivity index is 2.02. The van der Waals surface area contributed by atoms with Gasteiger partial charge in [0.25, 0.3) is 0 Å². The van der Waals surface area contributed by atoms with Crippen LogP contribution in [0.4, 0.5) is 4.79 Å². The van der Waals surface area contributed by atoms with Crippen LogP contribution in [0.1, 0.15) is 38.7 Å². The summed E-state index contributed by atoms with van der Waals surface area (Å²) in [5, 5.41) is 11.7. The standard InChI is InChI=1S/C19H24N2O6/c1-12(2)10-14(18(24)25)20-17(23)15-8-9-16(22)21(15)19(26)27-11-13-6-4-3-5-7-13/h3-7,12,14-15H,8-11H2,1-2H3,(H,20,23)(H,24,25). The molecule has 0 spiro atoms. The SMILES string of the molecule is CC(C)CC(NC(=O)C1CCC(=O)N1C(=O)OCc1ccccc1)C(=O)O. The van der Waals surface area contributed by atoms with Gasteiger partial charge in [0.2, 0.25) is 11.8 Å². The van der Waals surface area contributed by atoms with Crippen molar-refractivity contribution in [2.75, 3.05) is 0 Å². The lowest BCUT2D eigenvalue weighted by Gasteiger charge is -2.24. The minimum absolute atomic E-state index is 0.0249. The molecule has 1 heterocycles. The van der Waals surface area contributed by atoms with Gasteiger partial charge in [0, 0.05) is 6.42 Å². The number of amides is 3. The molecule has 0 saturated carbocycles. The molecular weight excluding hydrogens is 352 g/mol. The van der Waals surface area contributed by atoms with Gasteiger partial charge in [-0.3, -0.25) is 9.59 Å². The van der Waals surface area contributed by atoms with Crippen LogP contribution in [0.2, 0.25) is 0 Å². The van der Waals surface area contributed by atoms with Gasteiger partial charge in [0.1, 0.15) is 18.7 Å². The molecule has 8 heteroatoms. The molecule has 1 aromatic carbocycles. The Morgan fingerprint density at radius 2 is 1.93 bits per heavy atom. The van der Waals surface area contributed by atoms with Crippen molar-refractivity contribution < 1.29 is 29.0 Å². The molecule has 1 saturated heterocycles. The van der Waals surface area contributed by atoms with Crippen molar-refractivity contribution in [1.29, 1.82) is 0 Å². The molecule has 1 aliphatic heterocycles. The molecule has 27 heavy (non-hydrogen) atoms. The minimum Gasteiger partial charge on any atom is -0.480 e. The van der Waals surface area contributed by atoms with Gasteiger partial charge in [-0.1, -0.05) is 44.2 Å². The molecule has 2 atom stereocenters. The van der Waals surface area contributed by atoms with Crippen LogP contribution in [0.15, 0.2) is 30.3 Å². The summed E-state index contributed by atoms with van der Waals surface area (Å²) in [6.07, 6.45) is -0.489. The van der Waals surface area contributed by atoms with Crippen molar-refractivity contribution in [3.63, 3.8) is 0 Å². The highest BCUT2D eigenvalue weighted by Crippen LogP contribution is 2.21. The molecule has 1 aromatic rings. The molecule has 1 fully saturated rings. The van der Waals surface area contributed by atoms with Gasteiger partial charge in [-0.05, 0) is 24.3 Å². The molecule has 0 aliphatic carbocycles. The van der Waals surface area contributed by atoms with Crippen LogP contribution in [0.3, 0.4) is 0 Å². The van der Waals surface area contributed by atoms with Crippen molar-refractivity contribution >= 4 is 23.9 Å². The third-order valence-electron chi connectivity index (χ3n) is 4.24. The molecule has 0 radical (unpaired) electrons. The largest absolute Gasteiger partial charge is 0.480 e. The van der Waals surface area contributed by atoms with Crippen molar-refractivity contribution in [3.05, 3.63) is 35.9 Å². The van der Waals surface area contributed by atoms with E-state index in [1.165, 1.54) is 0 Å². The Morgan fingerprint density at radius 3 is 2.52 bits per heavy atom. The molecule has 146 valence electrons. The predicted octanol–water partition coefficient (Wildman–Crippen LogP) is 1.93. The van der Waals surface area contributed by atoms with E-state index in [1.807, 2.05) is 19.9 Å². The topological polar surface area (TPSA) is 113 Å². The van der Waals surface area contributed by atoms with Crippen LogP contribution >= 0.6 is 0 Å². The Kier molecular flexibility index (Phi) is 6.92. The Hall–Kier alpha value is -2.90. The number of nitrogens with zero attached hydrogens (tertiary/aromatic N) is 1. The molecule has 3 amide bonds. The number of hydrogen-bond donors (Lipinski definition) is 2. The van der Waals surface area contributed by atoms with Crippen molar-refractivity contribution in [2.45, 2.75) is 51.8 Å². The first-order valence-corrected chi connectivity index (χ1v) is 8.85. The Labute approximate surface area is 157 Å². The van der Waals surface area contributed by atoms with E-state index >= 15 is 0 Å². The summed E-state index contributed by atoms with van der Waals surface area (Å²) in [5.74, 6) is -2.27. The molecule has 2 unspecified atom stereocenters. The van der Waals surface area contributed by atoms with E-state index in [4.69, 9.17) is 4.74 Å². The number of hydrogen-bond acceptors (Lipinski definition) is 5. The minimum atomic E-state index is -1.15. The third kappa shape index (κ3) is 5.54. The summed E-state index contributed by atoms with van der Waals surface area (Å²) in [6, 6.07) is 6.82. The van der Waals surface area contributed by atoms with E-state index in [1.54, 1.807) is 24.3 Å². The number of carboxylic acids is 1. The second-order valence-corrected chi connectivity index (χ2v) is 6.89. The van der Waals surface area contributed by atoms with Gasteiger partial charge in [-0.15, -0.1) is 0 Å². The predicted molar refractivity (Wildman–Crippen MR) is 95.5 cm³/mol. The van der Waals surface area contributed by atoms with E-state index in [9.17, 15) is 24.3 Å². The number of ether oxygens (including phenoxy) is 1. The van der Waals surface area contributed by atoms with Crippen LogP contribution in [0, 0.1) is 5.92 Å². The monoisotopic (exact) mass is 376 g/mol. The maximum absolute atomic E-state index is 12.5. The number of carboxylic acid groups (broad SMARTS) is 1. The normalized spacial score (nSPS) is 17.7. The van der Waals surface area contributed by atoms with E-state index in [2.05, 4.69) is 5.32 Å². The van der Waals surface area contributed by atoms with Gasteiger partial charge >= 0.3 is 12.1 Å². The van der Waals surface area contributed by atoms with Crippen LogP contribution < -0.4 is 5.32 Å². The lowest BCUT2D eigenvalue weighted by atomic mass is 10.0. The zero-order valence-electron chi connectivity index (χ0n) is 15.4. The molecule has 2 rings (SSSR count). The first-order chi connectivity index (χ1) is 12.8. The summed E-state index contributed by atoms with van der Waals surface area (Å²) < 4.78 is 5.15. The number of rotatable bonds is 7. The van der Waals surface area contributed by atoms with Crippen molar-refractivity contribution in [3.8, 4) is 0 Å². The van der Waals surface area contributed by atoms with Gasteiger partial charge in [0.15, 0.2) is 0 Å². The highest BCUT2D eigenvalue weighted by Gasteiger charge is 2.42. The van der Waals surface area contributed by atoms with E-state index < -0.39 is 36.0 Å².